The summed E-state index contributed by atoms with van der Waals surface area (Å²) >= 11 is 1.30. The van der Waals surface area contributed by atoms with Gasteiger partial charge in [0, 0.05) is 30.2 Å². The summed E-state index contributed by atoms with van der Waals surface area (Å²) in [6.45, 7) is 0.780. The predicted molar refractivity (Wildman–Crippen MR) is 96.9 cm³/mol. The lowest BCUT2D eigenvalue weighted by molar-refractivity contribution is 0.0731. The summed E-state index contributed by atoms with van der Waals surface area (Å²) in [6.07, 6.45) is 4.85. The van der Waals surface area contributed by atoms with Gasteiger partial charge in [0.25, 0.3) is 11.8 Å². The molecule has 1 aromatic carbocycles. The Hall–Kier alpha value is -3.20. The smallest absolute Gasteiger partial charge is 0.277 e. The van der Waals surface area contributed by atoms with E-state index in [0.717, 1.165) is 10.6 Å². The first-order chi connectivity index (χ1) is 13.1. The third-order valence-corrected chi connectivity index (χ3v) is 5.14. The van der Waals surface area contributed by atoms with E-state index < -0.39 is 11.7 Å². The van der Waals surface area contributed by atoms with Gasteiger partial charge in [-0.1, -0.05) is 23.5 Å². The summed E-state index contributed by atoms with van der Waals surface area (Å²) in [5.74, 6) is -1.28. The number of anilines is 1. The third-order valence-electron chi connectivity index (χ3n) is 4.14. The van der Waals surface area contributed by atoms with Gasteiger partial charge in [0.2, 0.25) is 0 Å². The van der Waals surface area contributed by atoms with Crippen LogP contribution in [0.5, 0.6) is 0 Å². The van der Waals surface area contributed by atoms with E-state index >= 15 is 0 Å². The Balaban J connectivity index is 1.49. The molecule has 27 heavy (non-hydrogen) atoms. The van der Waals surface area contributed by atoms with Crippen molar-refractivity contribution in [3.05, 3.63) is 70.5 Å². The van der Waals surface area contributed by atoms with Crippen LogP contribution in [-0.2, 0) is 13.0 Å². The van der Waals surface area contributed by atoms with Crippen molar-refractivity contribution < 1.29 is 14.0 Å². The van der Waals surface area contributed by atoms with E-state index in [-0.39, 0.29) is 17.2 Å². The number of fused-ring (bicyclic) bond motifs is 1. The van der Waals surface area contributed by atoms with E-state index in [9.17, 15) is 14.0 Å². The molecule has 3 heterocycles. The molecule has 2 aromatic heterocycles. The van der Waals surface area contributed by atoms with Crippen molar-refractivity contribution in [2.24, 2.45) is 0 Å². The summed E-state index contributed by atoms with van der Waals surface area (Å²) in [5, 5.41) is 3.14. The van der Waals surface area contributed by atoms with Crippen LogP contribution >= 0.6 is 11.3 Å². The Kier molecular flexibility index (Phi) is 4.59. The van der Waals surface area contributed by atoms with Crippen LogP contribution in [0.1, 0.15) is 31.4 Å². The summed E-state index contributed by atoms with van der Waals surface area (Å²) in [7, 11) is 0. The molecule has 3 aromatic rings. The molecule has 0 atom stereocenters. The molecule has 1 N–H and O–H groups in total. The minimum Gasteiger partial charge on any atom is -0.333 e. The van der Waals surface area contributed by atoms with Crippen LogP contribution in [0, 0.1) is 5.82 Å². The van der Waals surface area contributed by atoms with Gasteiger partial charge in [0.1, 0.15) is 11.5 Å². The third kappa shape index (κ3) is 3.54. The number of hydrogen-bond donors (Lipinski definition) is 1. The van der Waals surface area contributed by atoms with Gasteiger partial charge in [-0.15, -0.1) is 0 Å². The molecule has 0 aliphatic carbocycles. The molecule has 0 saturated heterocycles. The standard InChI is InChI=1S/C18H14FN5O2S/c19-12-4-2-1-3-11(12)17(26)24-8-5-13-15(10-24)27-18(22-13)23-16(25)14-9-20-6-7-21-14/h1-4,6-7,9H,5,8,10H2,(H,22,23,25). The Morgan fingerprint density at radius 1 is 1.22 bits per heavy atom. The van der Waals surface area contributed by atoms with Gasteiger partial charge in [0.15, 0.2) is 5.13 Å². The number of amides is 2. The van der Waals surface area contributed by atoms with Crippen LogP contribution in [0.2, 0.25) is 0 Å². The highest BCUT2D eigenvalue weighted by atomic mass is 32.1. The van der Waals surface area contributed by atoms with Gasteiger partial charge in [-0.2, -0.15) is 0 Å². The van der Waals surface area contributed by atoms with Crippen molar-refractivity contribution in [3.63, 3.8) is 0 Å². The number of halogens is 1. The number of carbonyl (C=O) groups is 2. The van der Waals surface area contributed by atoms with Crippen molar-refractivity contribution in [2.45, 2.75) is 13.0 Å². The number of nitrogens with zero attached hydrogens (tertiary/aromatic N) is 4. The quantitative estimate of drug-likeness (QED) is 0.751. The van der Waals surface area contributed by atoms with E-state index in [4.69, 9.17) is 0 Å². The Morgan fingerprint density at radius 3 is 2.85 bits per heavy atom. The number of carbonyl (C=O) groups excluding carboxylic acids is 2. The molecule has 0 radical (unpaired) electrons. The van der Waals surface area contributed by atoms with E-state index in [1.54, 1.807) is 17.0 Å². The monoisotopic (exact) mass is 383 g/mol. The lowest BCUT2D eigenvalue weighted by Crippen LogP contribution is -2.35. The summed E-state index contributed by atoms with van der Waals surface area (Å²) in [6, 6.07) is 5.94. The predicted octanol–water partition coefficient (Wildman–Crippen LogP) is 2.52. The minimum absolute atomic E-state index is 0.0571. The number of aromatic nitrogens is 3. The fourth-order valence-electron chi connectivity index (χ4n) is 2.80. The zero-order chi connectivity index (χ0) is 18.8. The SMILES string of the molecule is O=C(Nc1nc2c(s1)CN(C(=O)c1ccccc1F)CC2)c1cnccn1. The molecule has 1 aliphatic rings. The van der Waals surface area contributed by atoms with Gasteiger partial charge < -0.3 is 4.90 Å². The molecule has 0 spiro atoms. The van der Waals surface area contributed by atoms with E-state index in [1.165, 1.54) is 42.1 Å². The molecule has 1 aliphatic heterocycles. The highest BCUT2D eigenvalue weighted by Gasteiger charge is 2.26. The van der Waals surface area contributed by atoms with E-state index in [0.29, 0.717) is 24.6 Å². The van der Waals surface area contributed by atoms with Crippen LogP contribution in [0.15, 0.2) is 42.9 Å². The molecule has 7 nitrogen and oxygen atoms in total. The van der Waals surface area contributed by atoms with Gasteiger partial charge in [-0.05, 0) is 12.1 Å². The Bertz CT molecular complexity index is 1010. The maximum Gasteiger partial charge on any atom is 0.277 e. The molecule has 4 rings (SSSR count). The normalized spacial score (nSPS) is 13.1. The van der Waals surface area contributed by atoms with Crippen molar-refractivity contribution in [1.29, 1.82) is 0 Å². The first-order valence-electron chi connectivity index (χ1n) is 8.21. The molecule has 0 unspecified atom stereocenters. The second kappa shape index (κ2) is 7.20. The molecule has 0 bridgehead atoms. The zero-order valence-corrected chi connectivity index (χ0v) is 14.9. The lowest BCUT2D eigenvalue weighted by atomic mass is 10.1. The molecule has 9 heteroatoms. The molecule has 2 amide bonds. The lowest BCUT2D eigenvalue weighted by Gasteiger charge is -2.26. The first kappa shape index (κ1) is 17.2. The summed E-state index contributed by atoms with van der Waals surface area (Å²) in [5.41, 5.74) is 1.09. The summed E-state index contributed by atoms with van der Waals surface area (Å²) < 4.78 is 13.9. The average molecular weight is 383 g/mol. The van der Waals surface area contributed by atoms with Crippen LogP contribution in [-0.4, -0.2) is 38.2 Å². The van der Waals surface area contributed by atoms with Gasteiger partial charge in [0.05, 0.1) is 24.0 Å². The second-order valence-electron chi connectivity index (χ2n) is 5.89. The minimum atomic E-state index is -0.533. The first-order valence-corrected chi connectivity index (χ1v) is 9.03. The Morgan fingerprint density at radius 2 is 2.07 bits per heavy atom. The van der Waals surface area contributed by atoms with Crippen LogP contribution in [0.25, 0.3) is 0 Å². The van der Waals surface area contributed by atoms with Crippen LogP contribution in [0.4, 0.5) is 9.52 Å². The van der Waals surface area contributed by atoms with Gasteiger partial charge in [-0.25, -0.2) is 14.4 Å². The fourth-order valence-corrected chi connectivity index (χ4v) is 3.82. The molecular formula is C18H14FN5O2S. The molecular weight excluding hydrogens is 369 g/mol. The van der Waals surface area contributed by atoms with Crippen LogP contribution in [0.3, 0.4) is 0 Å². The highest BCUT2D eigenvalue weighted by Crippen LogP contribution is 2.29. The highest BCUT2D eigenvalue weighted by molar-refractivity contribution is 7.15. The van der Waals surface area contributed by atoms with E-state index in [1.807, 2.05) is 0 Å². The number of rotatable bonds is 3. The topological polar surface area (TPSA) is 88.1 Å². The van der Waals surface area contributed by atoms with Crippen molar-refractivity contribution >= 4 is 28.3 Å². The van der Waals surface area contributed by atoms with Crippen molar-refractivity contribution in [1.82, 2.24) is 19.9 Å². The fraction of sp³-hybridized carbons (Fsp3) is 0.167. The maximum absolute atomic E-state index is 13.9. The summed E-state index contributed by atoms with van der Waals surface area (Å²) in [4.78, 5) is 39.5. The average Bonchev–Trinajstić information content (AvgIpc) is 3.10. The molecule has 0 saturated carbocycles. The number of benzene rings is 1. The Labute approximate surface area is 157 Å². The molecule has 136 valence electrons. The van der Waals surface area contributed by atoms with Crippen LogP contribution < -0.4 is 5.32 Å². The van der Waals surface area contributed by atoms with Gasteiger partial charge in [-0.3, -0.25) is 19.9 Å². The van der Waals surface area contributed by atoms with E-state index in [2.05, 4.69) is 20.3 Å². The van der Waals surface area contributed by atoms with Crippen molar-refractivity contribution in [2.75, 3.05) is 11.9 Å². The number of nitrogens with one attached hydrogen (secondary N) is 1. The number of thiazole rings is 1. The largest absolute Gasteiger partial charge is 0.333 e. The van der Waals surface area contributed by atoms with Crippen molar-refractivity contribution in [3.8, 4) is 0 Å². The maximum atomic E-state index is 13.9. The zero-order valence-electron chi connectivity index (χ0n) is 14.1. The molecule has 0 fully saturated rings. The van der Waals surface area contributed by atoms with Gasteiger partial charge >= 0.3 is 0 Å². The number of hydrogen-bond acceptors (Lipinski definition) is 6. The second-order valence-corrected chi connectivity index (χ2v) is 6.97.